The third-order valence-corrected chi connectivity index (χ3v) is 2.06. The van der Waals surface area contributed by atoms with Crippen LogP contribution in [0.1, 0.15) is 0 Å². The van der Waals surface area contributed by atoms with Crippen LogP contribution in [0.2, 0.25) is 0 Å². The first-order chi connectivity index (χ1) is 7.39. The second-order valence-electron chi connectivity index (χ2n) is 2.82. The topological polar surface area (TPSA) is 149 Å². The molecule has 0 spiro atoms. The fraction of sp³-hybridized carbons (Fsp3) is 0.333. The zero-order chi connectivity index (χ0) is 12.9. The Morgan fingerprint density at radius 3 is 1.75 bits per heavy atom. The molecule has 0 aromatic carbocycles. The molecule has 7 nitrogen and oxygen atoms in total. The van der Waals surface area contributed by atoms with Gasteiger partial charge in [-0.25, -0.2) is 0 Å². The molecule has 0 aromatic heterocycles. The number of hydrogen-bond donors (Lipinski definition) is 3. The van der Waals surface area contributed by atoms with Crippen molar-refractivity contribution in [2.24, 2.45) is 5.41 Å². The van der Waals surface area contributed by atoms with Crippen LogP contribution in [0.4, 0.5) is 0 Å². The summed E-state index contributed by atoms with van der Waals surface area (Å²) < 4.78 is 0. The van der Waals surface area contributed by atoms with E-state index in [1.165, 1.54) is 12.1 Å². The summed E-state index contributed by atoms with van der Waals surface area (Å²) in [7, 11) is 0. The van der Waals surface area contributed by atoms with Crippen LogP contribution in [0.15, 0.2) is 12.3 Å². The smallest absolute Gasteiger partial charge is 0.253 e. The normalized spacial score (nSPS) is 16.7. The molecule has 0 aliphatic rings. The van der Waals surface area contributed by atoms with Gasteiger partial charge in [0.15, 0.2) is 17.6 Å². The van der Waals surface area contributed by atoms with E-state index in [1.807, 2.05) is 0 Å². The molecule has 0 aromatic rings. The van der Waals surface area contributed by atoms with Crippen LogP contribution in [0.25, 0.3) is 0 Å². The first kappa shape index (κ1) is 13.6. The van der Waals surface area contributed by atoms with Crippen LogP contribution >= 0.6 is 0 Å². The molecule has 0 saturated carbocycles. The molecule has 2 atom stereocenters. The molecule has 3 N–H and O–H groups in total. The van der Waals surface area contributed by atoms with Gasteiger partial charge in [0.1, 0.15) is 11.8 Å². The molecule has 7 heteroatoms. The molecule has 0 aliphatic heterocycles. The van der Waals surface area contributed by atoms with Gasteiger partial charge in [-0.05, 0) is 0 Å². The van der Waals surface area contributed by atoms with Crippen LogP contribution in [0.3, 0.4) is 0 Å². The van der Waals surface area contributed by atoms with Crippen molar-refractivity contribution in [3.05, 3.63) is 12.3 Å². The Morgan fingerprint density at radius 1 is 1.19 bits per heavy atom. The van der Waals surface area contributed by atoms with Gasteiger partial charge in [-0.1, -0.05) is 6.58 Å². The molecule has 82 valence electrons. The number of Topliss-reactive ketones (excluding diaryl/α,β-unsaturated/α-hetero) is 1. The SMILES string of the molecule is C=C(O)C(C(=O)C#N)(C(O)C#N)C(O)C#N. The molecule has 0 rings (SSSR count). The highest BCUT2D eigenvalue weighted by atomic mass is 16.3. The third kappa shape index (κ3) is 1.71. The highest BCUT2D eigenvalue weighted by molar-refractivity contribution is 6.01. The number of aliphatic hydroxyl groups excluding tert-OH is 3. The van der Waals surface area contributed by atoms with Gasteiger partial charge in [-0.3, -0.25) is 4.79 Å². The molecule has 0 fully saturated rings. The second-order valence-corrected chi connectivity index (χ2v) is 2.82. The monoisotopic (exact) mass is 221 g/mol. The van der Waals surface area contributed by atoms with E-state index in [0.29, 0.717) is 0 Å². The van der Waals surface area contributed by atoms with Crippen molar-refractivity contribution in [3.63, 3.8) is 0 Å². The van der Waals surface area contributed by atoms with Gasteiger partial charge in [0, 0.05) is 0 Å². The summed E-state index contributed by atoms with van der Waals surface area (Å²) in [6, 6.07) is 3.37. The van der Waals surface area contributed by atoms with E-state index in [4.69, 9.17) is 15.8 Å². The number of hydrogen-bond acceptors (Lipinski definition) is 7. The Balaban J connectivity index is 5.95. The lowest BCUT2D eigenvalue weighted by atomic mass is 9.73. The summed E-state index contributed by atoms with van der Waals surface area (Å²) in [6.07, 6.45) is -4.52. The average Bonchev–Trinajstić information content (AvgIpc) is 2.28. The predicted molar refractivity (Wildman–Crippen MR) is 48.1 cm³/mol. The number of carbonyl (C=O) groups is 1. The highest BCUT2D eigenvalue weighted by Crippen LogP contribution is 2.34. The summed E-state index contributed by atoms with van der Waals surface area (Å²) in [5, 5.41) is 53.1. The summed E-state index contributed by atoms with van der Waals surface area (Å²) in [6.45, 7) is 2.90. The van der Waals surface area contributed by atoms with Gasteiger partial charge in [0.2, 0.25) is 0 Å². The maximum absolute atomic E-state index is 11.3. The van der Waals surface area contributed by atoms with Gasteiger partial charge in [0.25, 0.3) is 5.78 Å². The van der Waals surface area contributed by atoms with Crippen LogP contribution in [-0.4, -0.2) is 33.3 Å². The lowest BCUT2D eigenvalue weighted by molar-refractivity contribution is -0.133. The number of aliphatic hydroxyl groups is 3. The minimum atomic E-state index is -2.72. The van der Waals surface area contributed by atoms with Crippen molar-refractivity contribution in [1.29, 1.82) is 15.8 Å². The molecule has 16 heavy (non-hydrogen) atoms. The van der Waals surface area contributed by atoms with Crippen LogP contribution in [0.5, 0.6) is 0 Å². The van der Waals surface area contributed by atoms with Gasteiger partial charge in [0.05, 0.1) is 12.1 Å². The zero-order valence-electron chi connectivity index (χ0n) is 7.95. The third-order valence-electron chi connectivity index (χ3n) is 2.06. The van der Waals surface area contributed by atoms with Gasteiger partial charge in [-0.2, -0.15) is 15.8 Å². The quantitative estimate of drug-likeness (QED) is 0.310. The van der Waals surface area contributed by atoms with Crippen molar-refractivity contribution in [2.75, 3.05) is 0 Å². The van der Waals surface area contributed by atoms with E-state index in [9.17, 15) is 20.1 Å². The molecular formula is C9H7N3O4. The number of ketones is 1. The van der Waals surface area contributed by atoms with Crippen molar-refractivity contribution in [1.82, 2.24) is 0 Å². The fourth-order valence-corrected chi connectivity index (χ4v) is 1.14. The predicted octanol–water partition coefficient (Wildman–Crippen LogP) is -1.09. The Bertz CT molecular complexity index is 417. The fourth-order valence-electron chi connectivity index (χ4n) is 1.14. The summed E-state index contributed by atoms with van der Waals surface area (Å²) >= 11 is 0. The second kappa shape index (κ2) is 4.90. The number of nitrogens with zero attached hydrogens (tertiary/aromatic N) is 3. The first-order valence-electron chi connectivity index (χ1n) is 3.87. The van der Waals surface area contributed by atoms with Crippen molar-refractivity contribution in [3.8, 4) is 18.2 Å². The van der Waals surface area contributed by atoms with E-state index in [2.05, 4.69) is 6.58 Å². The minimum Gasteiger partial charge on any atom is -0.512 e. The molecule has 0 aliphatic carbocycles. The first-order valence-corrected chi connectivity index (χ1v) is 3.87. The molecule has 0 bridgehead atoms. The number of rotatable bonds is 4. The number of nitriles is 3. The zero-order valence-corrected chi connectivity index (χ0v) is 7.95. The van der Waals surface area contributed by atoms with Crippen molar-refractivity contribution < 1.29 is 20.1 Å². The lowest BCUT2D eigenvalue weighted by Gasteiger charge is -2.30. The maximum Gasteiger partial charge on any atom is 0.253 e. The molecule has 0 radical (unpaired) electrons. The maximum atomic E-state index is 11.3. The Kier molecular flexibility index (Phi) is 4.17. The molecular weight excluding hydrogens is 214 g/mol. The van der Waals surface area contributed by atoms with Crippen molar-refractivity contribution in [2.45, 2.75) is 12.2 Å². The summed E-state index contributed by atoms with van der Waals surface area (Å²) in [5.74, 6) is -2.65. The largest absolute Gasteiger partial charge is 0.512 e. The Morgan fingerprint density at radius 2 is 1.56 bits per heavy atom. The van der Waals surface area contributed by atoms with E-state index in [0.717, 1.165) is 6.07 Å². The van der Waals surface area contributed by atoms with E-state index in [-0.39, 0.29) is 0 Å². The van der Waals surface area contributed by atoms with E-state index in [1.54, 1.807) is 0 Å². The summed E-state index contributed by atoms with van der Waals surface area (Å²) in [5.41, 5.74) is -2.72. The molecule has 2 unspecified atom stereocenters. The molecule has 0 saturated heterocycles. The average molecular weight is 221 g/mol. The summed E-state index contributed by atoms with van der Waals surface area (Å²) in [4.78, 5) is 11.3. The lowest BCUT2D eigenvalue weighted by Crippen LogP contribution is -2.51. The van der Waals surface area contributed by atoms with E-state index < -0.39 is 29.2 Å². The van der Waals surface area contributed by atoms with Crippen molar-refractivity contribution >= 4 is 5.78 Å². The minimum absolute atomic E-state index is 1.04. The Labute approximate surface area is 90.7 Å². The van der Waals surface area contributed by atoms with Crippen LogP contribution in [0, 0.1) is 39.4 Å². The highest BCUT2D eigenvalue weighted by Gasteiger charge is 2.55. The Hall–Kier alpha value is -2.40. The number of carbonyl (C=O) groups excluding carboxylic acids is 1. The van der Waals surface area contributed by atoms with Gasteiger partial charge in [-0.15, -0.1) is 0 Å². The molecule has 0 heterocycles. The standard InChI is InChI=1S/C9H7N3O4/c1-5(13)9(6(14)2-10,7(15)3-11)8(16)4-12/h6-7,13-15H,1H2. The van der Waals surface area contributed by atoms with Gasteiger partial charge >= 0.3 is 0 Å². The molecule has 0 amide bonds. The van der Waals surface area contributed by atoms with E-state index >= 15 is 0 Å². The van der Waals surface area contributed by atoms with Crippen LogP contribution < -0.4 is 0 Å². The van der Waals surface area contributed by atoms with Gasteiger partial charge < -0.3 is 15.3 Å². The van der Waals surface area contributed by atoms with Crippen LogP contribution in [-0.2, 0) is 4.79 Å².